The number of amides is 2. The van der Waals surface area contributed by atoms with Crippen LogP contribution in [-0.2, 0) is 4.79 Å². The Bertz CT molecular complexity index is 716. The molecule has 0 spiro atoms. The predicted molar refractivity (Wildman–Crippen MR) is 91.6 cm³/mol. The van der Waals surface area contributed by atoms with Crippen LogP contribution in [0.15, 0.2) is 48.5 Å². The number of carbonyl (C=O) groups is 2. The minimum absolute atomic E-state index is 0.183. The number of anilines is 1. The molecule has 0 atom stereocenters. The summed E-state index contributed by atoms with van der Waals surface area (Å²) in [6, 6.07) is 14.1. The normalized spacial score (nSPS) is 9.92. The fourth-order valence-corrected chi connectivity index (χ4v) is 2.11. The van der Waals surface area contributed by atoms with Crippen molar-refractivity contribution < 1.29 is 19.1 Å². The summed E-state index contributed by atoms with van der Waals surface area (Å²) < 4.78 is 10.8. The molecule has 0 fully saturated rings. The fraction of sp³-hybridized carbons (Fsp3) is 0.222. The van der Waals surface area contributed by atoms with Crippen molar-refractivity contribution in [3.8, 4) is 11.5 Å². The first kappa shape index (κ1) is 17.3. The molecule has 0 aliphatic rings. The number of carbonyl (C=O) groups excluding carboxylic acids is 2. The van der Waals surface area contributed by atoms with E-state index in [0.717, 1.165) is 0 Å². The lowest BCUT2D eigenvalue weighted by Crippen LogP contribution is -2.28. The minimum atomic E-state index is -0.231. The number of nitrogens with one attached hydrogen (secondary N) is 2. The highest BCUT2D eigenvalue weighted by Crippen LogP contribution is 2.25. The first-order valence-corrected chi connectivity index (χ1v) is 7.52. The average Bonchev–Trinajstić information content (AvgIpc) is 2.58. The van der Waals surface area contributed by atoms with Gasteiger partial charge in [-0.1, -0.05) is 18.2 Å². The summed E-state index contributed by atoms with van der Waals surface area (Å²) in [5.41, 5.74) is 1.05. The van der Waals surface area contributed by atoms with E-state index in [1.807, 2.05) is 12.1 Å². The Morgan fingerprint density at radius 3 is 2.50 bits per heavy atom. The predicted octanol–water partition coefficient (Wildman–Crippen LogP) is 2.46. The Morgan fingerprint density at radius 2 is 1.79 bits per heavy atom. The van der Waals surface area contributed by atoms with Gasteiger partial charge in [-0.05, 0) is 30.3 Å². The Morgan fingerprint density at radius 1 is 1.04 bits per heavy atom. The monoisotopic (exact) mass is 328 g/mol. The van der Waals surface area contributed by atoms with E-state index in [-0.39, 0.29) is 11.8 Å². The van der Waals surface area contributed by atoms with Gasteiger partial charge < -0.3 is 20.1 Å². The summed E-state index contributed by atoms with van der Waals surface area (Å²) in [4.78, 5) is 23.2. The van der Waals surface area contributed by atoms with Crippen LogP contribution in [0.25, 0.3) is 0 Å². The van der Waals surface area contributed by atoms with Gasteiger partial charge in [-0.3, -0.25) is 9.59 Å². The summed E-state index contributed by atoms with van der Waals surface area (Å²) in [6.45, 7) is 2.08. The van der Waals surface area contributed by atoms with Crippen molar-refractivity contribution in [2.24, 2.45) is 0 Å². The summed E-state index contributed by atoms with van der Waals surface area (Å²) >= 11 is 0. The number of hydrogen-bond acceptors (Lipinski definition) is 4. The molecule has 0 aliphatic carbocycles. The second kappa shape index (κ2) is 8.57. The van der Waals surface area contributed by atoms with E-state index in [9.17, 15) is 9.59 Å². The maximum absolute atomic E-state index is 12.1. The zero-order chi connectivity index (χ0) is 17.4. The first-order chi connectivity index (χ1) is 11.6. The van der Waals surface area contributed by atoms with E-state index in [4.69, 9.17) is 9.47 Å². The van der Waals surface area contributed by atoms with Crippen molar-refractivity contribution in [3.05, 3.63) is 54.1 Å². The maximum atomic E-state index is 12.1. The number of para-hydroxylation sites is 2. The highest BCUT2D eigenvalue weighted by molar-refractivity contribution is 5.96. The molecule has 126 valence electrons. The van der Waals surface area contributed by atoms with Crippen LogP contribution < -0.4 is 20.1 Å². The lowest BCUT2D eigenvalue weighted by Gasteiger charge is -2.11. The van der Waals surface area contributed by atoms with Gasteiger partial charge in [0.2, 0.25) is 5.91 Å². The van der Waals surface area contributed by atoms with Crippen molar-refractivity contribution in [1.82, 2.24) is 5.32 Å². The molecule has 0 heterocycles. The van der Waals surface area contributed by atoms with Crippen molar-refractivity contribution in [1.29, 1.82) is 0 Å². The van der Waals surface area contributed by atoms with E-state index < -0.39 is 0 Å². The molecular weight excluding hydrogens is 308 g/mol. The Hall–Kier alpha value is -3.02. The summed E-state index contributed by atoms with van der Waals surface area (Å²) in [5, 5.41) is 5.41. The Labute approximate surface area is 140 Å². The molecule has 24 heavy (non-hydrogen) atoms. The summed E-state index contributed by atoms with van der Waals surface area (Å²) in [6.07, 6.45) is 0. The van der Waals surface area contributed by atoms with Gasteiger partial charge in [0.1, 0.15) is 6.61 Å². The fourth-order valence-electron chi connectivity index (χ4n) is 2.11. The molecule has 0 saturated carbocycles. The van der Waals surface area contributed by atoms with Gasteiger partial charge >= 0.3 is 0 Å². The van der Waals surface area contributed by atoms with E-state index in [1.54, 1.807) is 43.5 Å². The molecule has 2 N–H and O–H groups in total. The molecule has 0 aromatic heterocycles. The molecule has 0 bridgehead atoms. The van der Waals surface area contributed by atoms with Gasteiger partial charge in [0.05, 0.1) is 13.7 Å². The minimum Gasteiger partial charge on any atom is -0.493 e. The number of rotatable bonds is 7. The van der Waals surface area contributed by atoms with Crippen molar-refractivity contribution in [2.75, 3.05) is 25.6 Å². The lowest BCUT2D eigenvalue weighted by molar-refractivity contribution is -0.114. The maximum Gasteiger partial charge on any atom is 0.251 e. The molecule has 0 radical (unpaired) electrons. The molecule has 2 aromatic rings. The van der Waals surface area contributed by atoms with Crippen molar-refractivity contribution >= 4 is 17.5 Å². The Kier molecular flexibility index (Phi) is 6.19. The zero-order valence-corrected chi connectivity index (χ0v) is 13.7. The molecule has 0 saturated heterocycles. The molecule has 2 rings (SSSR count). The third kappa shape index (κ3) is 5.01. The van der Waals surface area contributed by atoms with E-state index in [0.29, 0.717) is 35.9 Å². The quantitative estimate of drug-likeness (QED) is 0.766. The smallest absolute Gasteiger partial charge is 0.251 e. The van der Waals surface area contributed by atoms with Crippen LogP contribution in [0.5, 0.6) is 11.5 Å². The number of hydrogen-bond donors (Lipinski definition) is 2. The molecule has 0 unspecified atom stereocenters. The van der Waals surface area contributed by atoms with Crippen LogP contribution >= 0.6 is 0 Å². The topological polar surface area (TPSA) is 76.7 Å². The zero-order valence-electron chi connectivity index (χ0n) is 13.7. The van der Waals surface area contributed by atoms with E-state index >= 15 is 0 Å². The van der Waals surface area contributed by atoms with Gasteiger partial charge in [-0.15, -0.1) is 0 Å². The highest BCUT2D eigenvalue weighted by Gasteiger charge is 2.07. The van der Waals surface area contributed by atoms with E-state index in [2.05, 4.69) is 10.6 Å². The third-order valence-electron chi connectivity index (χ3n) is 3.16. The molecule has 0 aliphatic heterocycles. The highest BCUT2D eigenvalue weighted by atomic mass is 16.5. The Balaban J connectivity index is 1.84. The van der Waals surface area contributed by atoms with Gasteiger partial charge in [-0.2, -0.15) is 0 Å². The summed E-state index contributed by atoms with van der Waals surface area (Å²) in [7, 11) is 1.58. The largest absolute Gasteiger partial charge is 0.493 e. The van der Waals surface area contributed by atoms with Crippen LogP contribution in [0.3, 0.4) is 0 Å². The van der Waals surface area contributed by atoms with Gasteiger partial charge in [-0.25, -0.2) is 0 Å². The molecule has 2 amide bonds. The van der Waals surface area contributed by atoms with Crippen LogP contribution in [0, 0.1) is 0 Å². The third-order valence-corrected chi connectivity index (χ3v) is 3.16. The van der Waals surface area contributed by atoms with Crippen LogP contribution in [-0.4, -0.2) is 32.1 Å². The number of benzene rings is 2. The van der Waals surface area contributed by atoms with Crippen molar-refractivity contribution in [2.45, 2.75) is 6.92 Å². The van der Waals surface area contributed by atoms with Gasteiger partial charge in [0.25, 0.3) is 5.91 Å². The van der Waals surface area contributed by atoms with Crippen molar-refractivity contribution in [3.63, 3.8) is 0 Å². The average molecular weight is 328 g/mol. The summed E-state index contributed by atoms with van der Waals surface area (Å²) in [5.74, 6) is 0.859. The standard InChI is InChI=1S/C18H20N2O4/c1-13(21)20-15-7-5-6-14(12-15)18(22)19-10-11-24-17-9-4-3-8-16(17)23-2/h3-9,12H,10-11H2,1-2H3,(H,19,22)(H,20,21). The van der Waals surface area contributed by atoms with Crippen LogP contribution in [0.4, 0.5) is 5.69 Å². The second-order valence-electron chi connectivity index (χ2n) is 5.02. The van der Waals surface area contributed by atoms with Gasteiger partial charge in [0, 0.05) is 18.2 Å². The van der Waals surface area contributed by atoms with Gasteiger partial charge in [0.15, 0.2) is 11.5 Å². The van der Waals surface area contributed by atoms with E-state index in [1.165, 1.54) is 6.92 Å². The second-order valence-corrected chi connectivity index (χ2v) is 5.02. The number of methoxy groups -OCH3 is 1. The molecule has 2 aromatic carbocycles. The number of ether oxygens (including phenoxy) is 2. The lowest BCUT2D eigenvalue weighted by atomic mass is 10.2. The van der Waals surface area contributed by atoms with Crippen LogP contribution in [0.1, 0.15) is 17.3 Å². The molecule has 6 heteroatoms. The molecule has 6 nitrogen and oxygen atoms in total. The SMILES string of the molecule is COc1ccccc1OCCNC(=O)c1cccc(NC(C)=O)c1. The van der Waals surface area contributed by atoms with Crippen LogP contribution in [0.2, 0.25) is 0 Å². The molecular formula is C18H20N2O4. The first-order valence-electron chi connectivity index (χ1n) is 7.52.